The van der Waals surface area contributed by atoms with Crippen LogP contribution < -0.4 is 0 Å². The summed E-state index contributed by atoms with van der Waals surface area (Å²) in [5.74, 6) is 1.15. The van der Waals surface area contributed by atoms with Crippen molar-refractivity contribution in [1.82, 2.24) is 24.7 Å². The Morgan fingerprint density at radius 3 is 2.69 bits per heavy atom. The molecule has 0 N–H and O–H groups in total. The molecule has 6 rings (SSSR count). The highest BCUT2D eigenvalue weighted by Crippen LogP contribution is 2.39. The highest BCUT2D eigenvalue weighted by Gasteiger charge is 2.48. The van der Waals surface area contributed by atoms with Gasteiger partial charge in [-0.3, -0.25) is 14.6 Å². The summed E-state index contributed by atoms with van der Waals surface area (Å²) in [7, 11) is 0. The first-order chi connectivity index (χ1) is 15.7. The first-order valence-corrected chi connectivity index (χ1v) is 12.3. The lowest BCUT2D eigenvalue weighted by Gasteiger charge is -2.40. The summed E-state index contributed by atoms with van der Waals surface area (Å²) in [4.78, 5) is 28.8. The summed E-state index contributed by atoms with van der Waals surface area (Å²) in [6.07, 6.45) is 11.6. The van der Waals surface area contributed by atoms with E-state index in [0.717, 1.165) is 50.1 Å². The molecule has 168 valence electrons. The van der Waals surface area contributed by atoms with E-state index in [4.69, 9.17) is 0 Å². The van der Waals surface area contributed by atoms with Crippen LogP contribution in [0, 0.1) is 5.92 Å². The van der Waals surface area contributed by atoms with Gasteiger partial charge in [0.25, 0.3) is 0 Å². The van der Waals surface area contributed by atoms with Gasteiger partial charge in [-0.15, -0.1) is 0 Å². The van der Waals surface area contributed by atoms with Crippen molar-refractivity contribution in [3.63, 3.8) is 0 Å². The van der Waals surface area contributed by atoms with Crippen LogP contribution in [0.4, 0.5) is 0 Å². The molecule has 4 heterocycles. The number of amides is 1. The maximum Gasteiger partial charge on any atom is 0.237 e. The number of hydrogen-bond donors (Lipinski definition) is 0. The van der Waals surface area contributed by atoms with Gasteiger partial charge in [-0.2, -0.15) is 0 Å². The molecule has 1 saturated carbocycles. The number of benzene rings is 1. The molecule has 6 nitrogen and oxygen atoms in total. The lowest BCUT2D eigenvalue weighted by atomic mass is 9.95. The van der Waals surface area contributed by atoms with Gasteiger partial charge in [0, 0.05) is 62.3 Å². The Kier molecular flexibility index (Phi) is 5.22. The van der Waals surface area contributed by atoms with Crippen molar-refractivity contribution in [1.29, 1.82) is 0 Å². The summed E-state index contributed by atoms with van der Waals surface area (Å²) < 4.78 is 0. The fraction of sp³-hybridized carbons (Fsp3) is 0.577. The van der Waals surface area contributed by atoms with E-state index in [1.807, 2.05) is 12.4 Å². The molecule has 3 aliphatic heterocycles. The van der Waals surface area contributed by atoms with E-state index in [1.54, 1.807) is 6.33 Å². The van der Waals surface area contributed by atoms with Crippen LogP contribution in [0.5, 0.6) is 0 Å². The Labute approximate surface area is 190 Å². The molecular weight excluding hydrogens is 398 g/mol. The fourth-order valence-electron chi connectivity index (χ4n) is 6.68. The smallest absolute Gasteiger partial charge is 0.237 e. The van der Waals surface area contributed by atoms with Crippen LogP contribution in [-0.2, 0) is 17.8 Å². The molecule has 2 unspecified atom stereocenters. The zero-order chi connectivity index (χ0) is 21.7. The minimum atomic E-state index is 0.332. The number of fused-ring (bicyclic) bond motifs is 3. The van der Waals surface area contributed by atoms with Crippen LogP contribution in [0.2, 0.25) is 0 Å². The minimum absolute atomic E-state index is 0.332. The molecule has 2 aromatic rings. The van der Waals surface area contributed by atoms with Gasteiger partial charge in [-0.1, -0.05) is 31.5 Å². The second-order valence-electron chi connectivity index (χ2n) is 10.3. The normalized spacial score (nSPS) is 30.1. The van der Waals surface area contributed by atoms with Gasteiger partial charge in [0.1, 0.15) is 6.33 Å². The Bertz CT molecular complexity index is 995. The van der Waals surface area contributed by atoms with Crippen molar-refractivity contribution < 1.29 is 4.79 Å². The molecule has 3 fully saturated rings. The summed E-state index contributed by atoms with van der Waals surface area (Å²) in [5, 5.41) is 0. The van der Waals surface area contributed by atoms with Gasteiger partial charge in [0.2, 0.25) is 5.91 Å². The van der Waals surface area contributed by atoms with Gasteiger partial charge in [-0.05, 0) is 48.3 Å². The van der Waals surface area contributed by atoms with Crippen molar-refractivity contribution >= 4 is 5.91 Å². The van der Waals surface area contributed by atoms with E-state index >= 15 is 0 Å². The molecular formula is C26H33N5O. The maximum atomic E-state index is 13.2. The maximum absolute atomic E-state index is 13.2. The molecule has 6 heteroatoms. The predicted molar refractivity (Wildman–Crippen MR) is 124 cm³/mol. The minimum Gasteiger partial charge on any atom is -0.336 e. The predicted octanol–water partition coefficient (Wildman–Crippen LogP) is 2.98. The summed E-state index contributed by atoms with van der Waals surface area (Å²) >= 11 is 0. The van der Waals surface area contributed by atoms with E-state index in [2.05, 4.69) is 49.8 Å². The summed E-state index contributed by atoms with van der Waals surface area (Å²) in [6, 6.07) is 8.43. The number of nitrogens with zero attached hydrogens (tertiary/aromatic N) is 5. The third-order valence-electron chi connectivity index (χ3n) is 8.40. The molecule has 2 saturated heterocycles. The van der Waals surface area contributed by atoms with Gasteiger partial charge >= 0.3 is 0 Å². The van der Waals surface area contributed by atoms with Crippen molar-refractivity contribution in [3.05, 3.63) is 48.0 Å². The molecule has 32 heavy (non-hydrogen) atoms. The molecule has 0 radical (unpaired) electrons. The molecule has 1 aromatic carbocycles. The number of piperazine rings is 1. The standard InChI is InChI=1S/C26H33N5O/c1-18-3-2-4-25(18)30-14-24-10-23(30)15-31(24)26(32)16-29-8-7-20-9-19(5-6-21(20)13-29)22-11-27-17-28-12-22/h5-6,9,11-12,17-18,23-25H,2-4,7-8,10,13-16H2,1H3/t18?,23-,24?,25-/m0/s1. The quantitative estimate of drug-likeness (QED) is 0.745. The monoisotopic (exact) mass is 431 g/mol. The highest BCUT2D eigenvalue weighted by molar-refractivity contribution is 5.79. The molecule has 1 aromatic heterocycles. The number of likely N-dealkylation sites (tertiary alicyclic amines) is 2. The zero-order valence-electron chi connectivity index (χ0n) is 19.0. The fourth-order valence-corrected chi connectivity index (χ4v) is 6.68. The lowest BCUT2D eigenvalue weighted by Crippen LogP contribution is -2.54. The second-order valence-corrected chi connectivity index (χ2v) is 10.3. The lowest BCUT2D eigenvalue weighted by molar-refractivity contribution is -0.135. The Morgan fingerprint density at radius 2 is 1.94 bits per heavy atom. The van der Waals surface area contributed by atoms with Gasteiger partial charge in [0.15, 0.2) is 0 Å². The van der Waals surface area contributed by atoms with Crippen molar-refractivity contribution in [2.75, 3.05) is 26.2 Å². The molecule has 1 amide bonds. The number of aromatic nitrogens is 2. The number of hydrogen-bond acceptors (Lipinski definition) is 5. The first kappa shape index (κ1) is 20.3. The van der Waals surface area contributed by atoms with Gasteiger partial charge in [-0.25, -0.2) is 9.97 Å². The number of rotatable bonds is 4. The van der Waals surface area contributed by atoms with Crippen molar-refractivity contribution in [3.8, 4) is 11.1 Å². The van der Waals surface area contributed by atoms with Crippen molar-refractivity contribution in [2.45, 2.75) is 63.7 Å². The van der Waals surface area contributed by atoms with Gasteiger partial charge in [0.05, 0.1) is 6.54 Å². The first-order valence-electron chi connectivity index (χ1n) is 12.3. The van der Waals surface area contributed by atoms with Crippen molar-refractivity contribution in [2.24, 2.45) is 5.92 Å². The van der Waals surface area contributed by atoms with E-state index in [9.17, 15) is 4.79 Å². The van der Waals surface area contributed by atoms with Gasteiger partial charge < -0.3 is 4.90 Å². The average Bonchev–Trinajstić information content (AvgIpc) is 3.55. The van der Waals surface area contributed by atoms with Crippen LogP contribution in [0.25, 0.3) is 11.1 Å². The van der Waals surface area contributed by atoms with E-state index in [-0.39, 0.29) is 0 Å². The van der Waals surface area contributed by atoms with Crippen LogP contribution in [0.3, 0.4) is 0 Å². The molecule has 2 bridgehead atoms. The summed E-state index contributed by atoms with van der Waals surface area (Å²) in [5.41, 5.74) is 4.95. The molecule has 0 spiro atoms. The second kappa shape index (κ2) is 8.23. The molecule has 1 aliphatic carbocycles. The third-order valence-corrected chi connectivity index (χ3v) is 8.40. The molecule has 4 aliphatic rings. The number of carbonyl (C=O) groups excluding carboxylic acids is 1. The zero-order valence-corrected chi connectivity index (χ0v) is 19.0. The Morgan fingerprint density at radius 1 is 1.06 bits per heavy atom. The van der Waals surface area contributed by atoms with E-state index < -0.39 is 0 Å². The Balaban J connectivity index is 1.07. The average molecular weight is 432 g/mol. The SMILES string of the molecule is CC1CCC[C@@H]1N1CC2C[C@H]1CN2C(=O)CN1CCc2cc(-c3cncnc3)ccc2C1. The van der Waals surface area contributed by atoms with Crippen LogP contribution >= 0.6 is 0 Å². The van der Waals surface area contributed by atoms with E-state index in [1.165, 1.54) is 42.4 Å². The van der Waals surface area contributed by atoms with Crippen LogP contribution in [-0.4, -0.2) is 74.9 Å². The Hall–Kier alpha value is -2.31. The third kappa shape index (κ3) is 3.63. The summed E-state index contributed by atoms with van der Waals surface area (Å²) in [6.45, 7) is 6.81. The largest absolute Gasteiger partial charge is 0.336 e. The van der Waals surface area contributed by atoms with Crippen LogP contribution in [0.1, 0.15) is 43.7 Å². The topological polar surface area (TPSA) is 52.6 Å². The highest BCUT2D eigenvalue weighted by atomic mass is 16.2. The van der Waals surface area contributed by atoms with Crippen LogP contribution in [0.15, 0.2) is 36.9 Å². The molecule has 4 atom stereocenters. The van der Waals surface area contributed by atoms with E-state index in [0.29, 0.717) is 24.5 Å². The number of carbonyl (C=O) groups is 1.